The monoisotopic (exact) mass is 307 g/mol. The Morgan fingerprint density at radius 1 is 1.42 bits per heavy atom. The van der Waals surface area contributed by atoms with Crippen LogP contribution in [0.3, 0.4) is 0 Å². The van der Waals surface area contributed by atoms with Gasteiger partial charge in [0.15, 0.2) is 0 Å². The predicted octanol–water partition coefficient (Wildman–Crippen LogP) is 2.43. The lowest BCUT2D eigenvalue weighted by molar-refractivity contribution is 0.516. The van der Waals surface area contributed by atoms with Crippen molar-refractivity contribution in [2.24, 2.45) is 0 Å². The van der Waals surface area contributed by atoms with Crippen LogP contribution in [0.15, 0.2) is 18.2 Å². The maximum Gasteiger partial charge on any atom is 0.148 e. The van der Waals surface area contributed by atoms with E-state index in [-0.39, 0.29) is 18.2 Å². The minimum atomic E-state index is -3.13. The largest absolute Gasteiger partial charge is 0.313 e. The molecule has 1 aromatic carbocycles. The first-order valence-electron chi connectivity index (χ1n) is 6.17. The zero-order valence-corrected chi connectivity index (χ0v) is 12.7. The molecule has 1 unspecified atom stereocenters. The zero-order valence-electron chi connectivity index (χ0n) is 11.1. The zero-order chi connectivity index (χ0) is 14.5. The van der Waals surface area contributed by atoms with Crippen molar-refractivity contribution < 1.29 is 12.8 Å². The van der Waals surface area contributed by atoms with Crippen LogP contribution in [0.2, 0.25) is 5.02 Å². The first kappa shape index (κ1) is 16.4. The number of hydrogen-bond donors (Lipinski definition) is 1. The van der Waals surface area contributed by atoms with Crippen molar-refractivity contribution in [3.63, 3.8) is 0 Å². The quantitative estimate of drug-likeness (QED) is 0.841. The molecule has 3 nitrogen and oxygen atoms in total. The van der Waals surface area contributed by atoms with E-state index in [2.05, 4.69) is 5.32 Å². The van der Waals surface area contributed by atoms with E-state index >= 15 is 0 Å². The Kier molecular flexibility index (Phi) is 6.23. The number of rotatable bonds is 7. The van der Waals surface area contributed by atoms with Crippen molar-refractivity contribution in [3.05, 3.63) is 34.6 Å². The van der Waals surface area contributed by atoms with Gasteiger partial charge in [-0.1, -0.05) is 24.6 Å². The standard InChI is InChI=1S/C13H19ClFNO2S/c1-3-7-16-10(9-19(2,17)18)8-11-12(14)5-4-6-13(11)15/h4-6,10,16H,3,7-9H2,1-2H3. The number of nitrogens with one attached hydrogen (secondary N) is 1. The SMILES string of the molecule is CCCNC(Cc1c(F)cccc1Cl)CS(C)(=O)=O. The number of benzene rings is 1. The summed E-state index contributed by atoms with van der Waals surface area (Å²) in [5.74, 6) is -0.429. The molecule has 0 saturated heterocycles. The fourth-order valence-electron chi connectivity index (χ4n) is 1.88. The van der Waals surface area contributed by atoms with Crippen LogP contribution < -0.4 is 5.32 Å². The lowest BCUT2D eigenvalue weighted by Crippen LogP contribution is -2.38. The van der Waals surface area contributed by atoms with Crippen LogP contribution in [0.4, 0.5) is 4.39 Å². The maximum absolute atomic E-state index is 13.7. The Labute approximate surface area is 119 Å². The van der Waals surface area contributed by atoms with Gasteiger partial charge in [0.25, 0.3) is 0 Å². The Balaban J connectivity index is 2.87. The summed E-state index contributed by atoms with van der Waals surface area (Å²) in [4.78, 5) is 0. The molecular formula is C13H19ClFNO2S. The summed E-state index contributed by atoms with van der Waals surface area (Å²) in [5.41, 5.74) is 0.362. The molecule has 108 valence electrons. The fraction of sp³-hybridized carbons (Fsp3) is 0.538. The molecule has 1 N–H and O–H groups in total. The minimum absolute atomic E-state index is 0.0301. The molecule has 0 aliphatic heterocycles. The van der Waals surface area contributed by atoms with E-state index in [1.807, 2.05) is 6.92 Å². The Morgan fingerprint density at radius 3 is 2.63 bits per heavy atom. The smallest absolute Gasteiger partial charge is 0.148 e. The highest BCUT2D eigenvalue weighted by molar-refractivity contribution is 7.90. The third kappa shape index (κ3) is 5.89. The summed E-state index contributed by atoms with van der Waals surface area (Å²) in [6.07, 6.45) is 2.32. The number of hydrogen-bond acceptors (Lipinski definition) is 3. The molecule has 0 radical (unpaired) electrons. The summed E-state index contributed by atoms with van der Waals surface area (Å²) >= 11 is 5.96. The molecule has 1 atom stereocenters. The Bertz CT molecular complexity index is 499. The third-order valence-corrected chi connectivity index (χ3v) is 4.06. The average molecular weight is 308 g/mol. The summed E-state index contributed by atoms with van der Waals surface area (Å²) < 4.78 is 36.5. The van der Waals surface area contributed by atoms with Gasteiger partial charge in [-0.05, 0) is 31.5 Å². The van der Waals surface area contributed by atoms with Crippen LogP contribution in [0.1, 0.15) is 18.9 Å². The topological polar surface area (TPSA) is 46.2 Å². The predicted molar refractivity (Wildman–Crippen MR) is 76.9 cm³/mol. The van der Waals surface area contributed by atoms with Crippen LogP contribution in [0.25, 0.3) is 0 Å². The second-order valence-electron chi connectivity index (χ2n) is 4.65. The van der Waals surface area contributed by atoms with Gasteiger partial charge in [-0.25, -0.2) is 12.8 Å². The molecule has 1 aromatic rings. The van der Waals surface area contributed by atoms with Crippen molar-refractivity contribution in [1.82, 2.24) is 5.32 Å². The summed E-state index contributed by atoms with van der Waals surface area (Å²) in [6, 6.07) is 4.14. The van der Waals surface area contributed by atoms with Gasteiger partial charge in [-0.3, -0.25) is 0 Å². The minimum Gasteiger partial charge on any atom is -0.313 e. The van der Waals surface area contributed by atoms with Gasteiger partial charge in [-0.2, -0.15) is 0 Å². The summed E-state index contributed by atoms with van der Waals surface area (Å²) in [7, 11) is -3.13. The lowest BCUT2D eigenvalue weighted by atomic mass is 10.1. The molecule has 0 aliphatic rings. The van der Waals surface area contributed by atoms with Gasteiger partial charge >= 0.3 is 0 Å². The summed E-state index contributed by atoms with van der Waals surface area (Å²) in [5, 5.41) is 3.45. The highest BCUT2D eigenvalue weighted by atomic mass is 35.5. The van der Waals surface area contributed by atoms with E-state index in [9.17, 15) is 12.8 Å². The molecule has 0 aromatic heterocycles. The van der Waals surface area contributed by atoms with Crippen LogP contribution in [0, 0.1) is 5.82 Å². The van der Waals surface area contributed by atoms with Gasteiger partial charge < -0.3 is 5.32 Å². The molecule has 0 fully saturated rings. The van der Waals surface area contributed by atoms with Crippen LogP contribution in [0.5, 0.6) is 0 Å². The van der Waals surface area contributed by atoms with Crippen LogP contribution in [-0.2, 0) is 16.3 Å². The molecule has 0 amide bonds. The normalized spacial score (nSPS) is 13.5. The van der Waals surface area contributed by atoms with Gasteiger partial charge in [0.2, 0.25) is 0 Å². The van der Waals surface area contributed by atoms with Crippen molar-refractivity contribution in [2.75, 3.05) is 18.6 Å². The molecule has 1 rings (SSSR count). The van der Waals surface area contributed by atoms with Crippen LogP contribution >= 0.6 is 11.6 Å². The van der Waals surface area contributed by atoms with Crippen LogP contribution in [-0.4, -0.2) is 33.0 Å². The Morgan fingerprint density at radius 2 is 2.11 bits per heavy atom. The molecule has 0 aliphatic carbocycles. The van der Waals surface area contributed by atoms with Gasteiger partial charge in [-0.15, -0.1) is 0 Å². The maximum atomic E-state index is 13.7. The highest BCUT2D eigenvalue weighted by Crippen LogP contribution is 2.20. The van der Waals surface area contributed by atoms with Crippen molar-refractivity contribution in [2.45, 2.75) is 25.8 Å². The van der Waals surface area contributed by atoms with Gasteiger partial charge in [0, 0.05) is 22.9 Å². The highest BCUT2D eigenvalue weighted by Gasteiger charge is 2.18. The van der Waals surface area contributed by atoms with Crippen molar-refractivity contribution >= 4 is 21.4 Å². The van der Waals surface area contributed by atoms with Gasteiger partial charge in [0.05, 0.1) is 5.75 Å². The first-order valence-corrected chi connectivity index (χ1v) is 8.61. The van der Waals surface area contributed by atoms with E-state index in [4.69, 9.17) is 11.6 Å². The molecule has 0 bridgehead atoms. The number of halogens is 2. The Hall–Kier alpha value is -0.650. The first-order chi connectivity index (χ1) is 8.83. The van der Waals surface area contributed by atoms with E-state index in [0.717, 1.165) is 6.42 Å². The van der Waals surface area contributed by atoms with E-state index < -0.39 is 15.7 Å². The second kappa shape index (κ2) is 7.22. The fourth-order valence-corrected chi connectivity index (χ4v) is 3.08. The molecule has 6 heteroatoms. The second-order valence-corrected chi connectivity index (χ2v) is 7.24. The van der Waals surface area contributed by atoms with Crippen molar-refractivity contribution in [1.29, 1.82) is 0 Å². The third-order valence-electron chi connectivity index (χ3n) is 2.70. The molecule has 0 spiro atoms. The lowest BCUT2D eigenvalue weighted by Gasteiger charge is -2.18. The molecular weight excluding hydrogens is 289 g/mol. The van der Waals surface area contributed by atoms with E-state index in [0.29, 0.717) is 17.1 Å². The molecule has 19 heavy (non-hydrogen) atoms. The molecule has 0 heterocycles. The number of sulfone groups is 1. The van der Waals surface area contributed by atoms with E-state index in [1.54, 1.807) is 6.07 Å². The van der Waals surface area contributed by atoms with Gasteiger partial charge in [0.1, 0.15) is 15.7 Å². The van der Waals surface area contributed by atoms with Crippen molar-refractivity contribution in [3.8, 4) is 0 Å². The van der Waals surface area contributed by atoms with E-state index in [1.165, 1.54) is 18.4 Å². The average Bonchev–Trinajstić information content (AvgIpc) is 2.29. The molecule has 0 saturated carbocycles. The summed E-state index contributed by atoms with van der Waals surface area (Å²) in [6.45, 7) is 2.67.